The molecule has 2 aromatic carbocycles. The highest BCUT2D eigenvalue weighted by atomic mass is 35.5. The number of carbonyl (C=O) groups excluding carboxylic acids is 1. The van der Waals surface area contributed by atoms with Crippen LogP contribution >= 0.6 is 11.6 Å². The Bertz CT molecular complexity index is 1250. The average Bonchev–Trinajstić information content (AvgIpc) is 3.33. The molecule has 0 saturated heterocycles. The molecule has 0 spiro atoms. The Kier molecular flexibility index (Phi) is 7.12. The molecule has 178 valence electrons. The largest absolute Gasteiger partial charge is 0.351 e. The van der Waals surface area contributed by atoms with Gasteiger partial charge in [0.1, 0.15) is 12.5 Å². The smallest absolute Gasteiger partial charge is 0.348 e. The summed E-state index contributed by atoms with van der Waals surface area (Å²) in [5, 5.41) is 3.27. The Morgan fingerprint density at radius 1 is 1.18 bits per heavy atom. The van der Waals surface area contributed by atoms with Crippen molar-refractivity contribution in [1.29, 1.82) is 0 Å². The molecule has 4 rings (SSSR count). The summed E-state index contributed by atoms with van der Waals surface area (Å²) in [5.41, 5.74) is 1.71. The average molecular weight is 483 g/mol. The fourth-order valence-corrected chi connectivity index (χ4v) is 4.59. The second kappa shape index (κ2) is 10.1. The number of hydrogen-bond acceptors (Lipinski definition) is 4. The molecule has 1 fully saturated rings. The monoisotopic (exact) mass is 482 g/mol. The number of carbonyl (C=O) groups is 1. The van der Waals surface area contributed by atoms with Gasteiger partial charge in [-0.25, -0.2) is 14.2 Å². The van der Waals surface area contributed by atoms with Crippen molar-refractivity contribution in [2.24, 2.45) is 5.41 Å². The van der Waals surface area contributed by atoms with Crippen molar-refractivity contribution in [3.8, 4) is 22.8 Å². The number of rotatable bonds is 7. The van der Waals surface area contributed by atoms with Gasteiger partial charge < -0.3 is 5.32 Å². The highest BCUT2D eigenvalue weighted by molar-refractivity contribution is 6.33. The quantitative estimate of drug-likeness (QED) is 0.470. The van der Waals surface area contributed by atoms with Gasteiger partial charge in [0.25, 0.3) is 0 Å². The van der Waals surface area contributed by atoms with Crippen molar-refractivity contribution < 1.29 is 9.18 Å². The number of amides is 1. The molecule has 2 N–H and O–H groups in total. The summed E-state index contributed by atoms with van der Waals surface area (Å²) < 4.78 is 13.6. The number of nitrogens with zero attached hydrogens (tertiary/aromatic N) is 2. The first kappa shape index (κ1) is 24.1. The van der Waals surface area contributed by atoms with Gasteiger partial charge in [0.05, 0.1) is 10.4 Å². The standard InChI is InChI=1S/C26H28ClFN4O2/c1-16(2)18-6-5-7-19(13-18)22-30-23(32-25(34)31-22)20-12-17(8-9-21(20)27)14-29-24(33)26(15-28)10-3-4-11-26/h5-9,12-13,16H,3-4,10-11,14-15H2,1-2H3,(H,29,33)(H,30,31,32,34). The molecule has 34 heavy (non-hydrogen) atoms. The van der Waals surface area contributed by atoms with E-state index in [0.717, 1.165) is 29.5 Å². The minimum Gasteiger partial charge on any atom is -0.351 e. The normalized spacial score (nSPS) is 15.0. The van der Waals surface area contributed by atoms with E-state index < -0.39 is 17.8 Å². The molecule has 0 bridgehead atoms. The van der Waals surface area contributed by atoms with E-state index in [9.17, 15) is 14.0 Å². The molecule has 0 radical (unpaired) electrons. The van der Waals surface area contributed by atoms with Gasteiger partial charge in [-0.15, -0.1) is 0 Å². The molecule has 0 unspecified atom stereocenters. The van der Waals surface area contributed by atoms with Gasteiger partial charge >= 0.3 is 5.69 Å². The summed E-state index contributed by atoms with van der Waals surface area (Å²) in [6.45, 7) is 3.77. The lowest BCUT2D eigenvalue weighted by atomic mass is 9.86. The van der Waals surface area contributed by atoms with Gasteiger partial charge in [0.2, 0.25) is 5.91 Å². The molecule has 1 aromatic heterocycles. The fraction of sp³-hybridized carbons (Fsp3) is 0.385. The molecular formula is C26H28ClFN4O2. The minimum atomic E-state index is -0.910. The number of aromatic nitrogens is 3. The number of benzene rings is 2. The zero-order valence-electron chi connectivity index (χ0n) is 19.3. The zero-order chi connectivity index (χ0) is 24.3. The third kappa shape index (κ3) is 5.04. The number of alkyl halides is 1. The van der Waals surface area contributed by atoms with Crippen molar-refractivity contribution in [2.75, 3.05) is 6.67 Å². The van der Waals surface area contributed by atoms with Gasteiger partial charge in [-0.2, -0.15) is 4.98 Å². The number of nitrogens with one attached hydrogen (secondary N) is 2. The van der Waals surface area contributed by atoms with Crippen LogP contribution in [0.5, 0.6) is 0 Å². The maximum Gasteiger partial charge on any atom is 0.348 e. The van der Waals surface area contributed by atoms with Crippen molar-refractivity contribution in [1.82, 2.24) is 20.3 Å². The summed E-state index contributed by atoms with van der Waals surface area (Å²) in [5.74, 6) is 0.663. The SMILES string of the molecule is CC(C)c1cccc(-c2nc(-c3cc(CNC(=O)C4(CF)CCCC4)ccc3Cl)[nH]c(=O)n2)c1. The molecule has 0 aliphatic heterocycles. The molecular weight excluding hydrogens is 455 g/mol. The number of hydrogen-bond donors (Lipinski definition) is 2. The third-order valence-corrected chi connectivity index (χ3v) is 6.83. The van der Waals surface area contributed by atoms with Crippen molar-refractivity contribution in [2.45, 2.75) is 52.0 Å². The summed E-state index contributed by atoms with van der Waals surface area (Å²) in [6, 6.07) is 13.0. The molecule has 1 aliphatic rings. The van der Waals surface area contributed by atoms with E-state index in [2.05, 4.69) is 34.1 Å². The van der Waals surface area contributed by atoms with E-state index in [1.807, 2.05) is 24.3 Å². The van der Waals surface area contributed by atoms with Crippen LogP contribution in [0.4, 0.5) is 4.39 Å². The molecule has 8 heteroatoms. The van der Waals surface area contributed by atoms with E-state index in [-0.39, 0.29) is 12.5 Å². The number of H-pyrrole nitrogens is 1. The van der Waals surface area contributed by atoms with Crippen LogP contribution in [0.3, 0.4) is 0 Å². The Balaban J connectivity index is 1.61. The summed E-state index contributed by atoms with van der Waals surface area (Å²) in [4.78, 5) is 36.3. The lowest BCUT2D eigenvalue weighted by molar-refractivity contribution is -0.131. The number of aromatic amines is 1. The van der Waals surface area contributed by atoms with Crippen LogP contribution in [-0.4, -0.2) is 27.5 Å². The first-order valence-electron chi connectivity index (χ1n) is 11.5. The topological polar surface area (TPSA) is 87.7 Å². The molecule has 1 aliphatic carbocycles. The molecule has 1 heterocycles. The minimum absolute atomic E-state index is 0.226. The van der Waals surface area contributed by atoms with Crippen molar-refractivity contribution >= 4 is 17.5 Å². The van der Waals surface area contributed by atoms with E-state index in [0.29, 0.717) is 41.0 Å². The van der Waals surface area contributed by atoms with Gasteiger partial charge in [-0.3, -0.25) is 9.78 Å². The third-order valence-electron chi connectivity index (χ3n) is 6.50. The molecule has 0 atom stereocenters. The van der Waals surface area contributed by atoms with E-state index >= 15 is 0 Å². The van der Waals surface area contributed by atoms with Crippen molar-refractivity contribution in [3.63, 3.8) is 0 Å². The van der Waals surface area contributed by atoms with Crippen LogP contribution in [0, 0.1) is 5.41 Å². The van der Waals surface area contributed by atoms with E-state index in [1.54, 1.807) is 18.2 Å². The summed E-state index contributed by atoms with van der Waals surface area (Å²) in [6.07, 6.45) is 2.88. The Morgan fingerprint density at radius 2 is 1.94 bits per heavy atom. The summed E-state index contributed by atoms with van der Waals surface area (Å²) in [7, 11) is 0. The molecule has 1 saturated carbocycles. The first-order chi connectivity index (χ1) is 16.3. The van der Waals surface area contributed by atoms with Crippen LogP contribution in [0.25, 0.3) is 22.8 Å². The van der Waals surface area contributed by atoms with Crippen LogP contribution in [0.2, 0.25) is 5.02 Å². The van der Waals surface area contributed by atoms with Crippen LogP contribution in [0.15, 0.2) is 47.3 Å². The van der Waals surface area contributed by atoms with E-state index in [4.69, 9.17) is 11.6 Å². The van der Waals surface area contributed by atoms with Gasteiger partial charge in [0, 0.05) is 17.7 Å². The second-order valence-electron chi connectivity index (χ2n) is 9.22. The van der Waals surface area contributed by atoms with E-state index in [1.165, 1.54) is 0 Å². The fourth-order valence-electron chi connectivity index (χ4n) is 4.38. The van der Waals surface area contributed by atoms with Crippen LogP contribution in [-0.2, 0) is 11.3 Å². The van der Waals surface area contributed by atoms with Gasteiger partial charge in [-0.05, 0) is 48.1 Å². The van der Waals surface area contributed by atoms with Gasteiger partial charge in [-0.1, -0.05) is 62.6 Å². The van der Waals surface area contributed by atoms with Crippen LogP contribution < -0.4 is 11.0 Å². The predicted molar refractivity (Wildman–Crippen MR) is 131 cm³/mol. The highest BCUT2D eigenvalue weighted by Crippen LogP contribution is 2.38. The number of halogens is 2. The second-order valence-corrected chi connectivity index (χ2v) is 9.63. The maximum absolute atomic E-state index is 13.6. The molecule has 3 aromatic rings. The van der Waals surface area contributed by atoms with Crippen molar-refractivity contribution in [3.05, 3.63) is 69.1 Å². The highest BCUT2D eigenvalue weighted by Gasteiger charge is 2.41. The Labute approximate surface area is 203 Å². The maximum atomic E-state index is 13.6. The first-order valence-corrected chi connectivity index (χ1v) is 11.9. The predicted octanol–water partition coefficient (Wildman–Crippen LogP) is 5.42. The zero-order valence-corrected chi connectivity index (χ0v) is 20.1. The molecule has 6 nitrogen and oxygen atoms in total. The molecule has 1 amide bonds. The summed E-state index contributed by atoms with van der Waals surface area (Å²) >= 11 is 6.44. The van der Waals surface area contributed by atoms with Gasteiger partial charge in [0.15, 0.2) is 5.82 Å². The lowest BCUT2D eigenvalue weighted by Crippen LogP contribution is -2.40. The lowest BCUT2D eigenvalue weighted by Gasteiger charge is -2.24. The Hall–Kier alpha value is -3.06. The Morgan fingerprint density at radius 3 is 2.65 bits per heavy atom. The van der Waals surface area contributed by atoms with Crippen LogP contribution in [0.1, 0.15) is 56.6 Å².